The van der Waals surface area contributed by atoms with Crippen LogP contribution >= 0.6 is 11.6 Å². The van der Waals surface area contributed by atoms with Crippen LogP contribution in [-0.2, 0) is 4.74 Å². The molecule has 0 amide bonds. The van der Waals surface area contributed by atoms with Crippen molar-refractivity contribution in [3.63, 3.8) is 0 Å². The van der Waals surface area contributed by atoms with Gasteiger partial charge in [-0.1, -0.05) is 11.6 Å². The number of carbonyl (C=O) groups is 1. The molecule has 1 aromatic carbocycles. The zero-order valence-corrected chi connectivity index (χ0v) is 9.88. The summed E-state index contributed by atoms with van der Waals surface area (Å²) in [5.74, 6) is -0.550. The van der Waals surface area contributed by atoms with Crippen LogP contribution in [0.3, 0.4) is 0 Å². The molecule has 0 atom stereocenters. The Kier molecular flexibility index (Phi) is 3.15. The molecule has 0 aliphatic rings. The predicted molar refractivity (Wildman–Crippen MR) is 65.5 cm³/mol. The minimum absolute atomic E-state index is 0.131. The lowest BCUT2D eigenvalue weighted by Gasteiger charge is -2.04. The molecule has 1 aromatic heterocycles. The predicted octanol–water partition coefficient (Wildman–Crippen LogP) is 2.36. The molecule has 0 spiro atoms. The van der Waals surface area contributed by atoms with Gasteiger partial charge in [0.05, 0.1) is 12.1 Å². The first-order valence-corrected chi connectivity index (χ1v) is 5.49. The number of rotatable bonds is 2. The van der Waals surface area contributed by atoms with Crippen LogP contribution in [0.2, 0.25) is 5.02 Å². The average molecular weight is 252 g/mol. The monoisotopic (exact) mass is 251 g/mol. The Morgan fingerprint density at radius 3 is 2.88 bits per heavy atom. The summed E-state index contributed by atoms with van der Waals surface area (Å²) < 4.78 is 4.82. The molecular weight excluding hydrogens is 242 g/mol. The largest absolute Gasteiger partial charge is 0.461 e. The second-order valence-corrected chi connectivity index (χ2v) is 3.89. The summed E-state index contributed by atoms with van der Waals surface area (Å²) in [4.78, 5) is 26.1. The van der Waals surface area contributed by atoms with Gasteiger partial charge in [-0.25, -0.2) is 4.79 Å². The molecule has 2 rings (SSSR count). The van der Waals surface area contributed by atoms with Crippen LogP contribution in [0, 0.1) is 0 Å². The van der Waals surface area contributed by atoms with Crippen molar-refractivity contribution in [3.05, 3.63) is 45.2 Å². The molecule has 0 aliphatic carbocycles. The van der Waals surface area contributed by atoms with Crippen LogP contribution in [0.5, 0.6) is 0 Å². The number of aromatic amines is 1. The number of benzene rings is 1. The zero-order valence-electron chi connectivity index (χ0n) is 9.12. The van der Waals surface area contributed by atoms with Gasteiger partial charge >= 0.3 is 5.97 Å². The van der Waals surface area contributed by atoms with E-state index in [9.17, 15) is 9.59 Å². The van der Waals surface area contributed by atoms with E-state index in [1.807, 2.05) is 0 Å². The number of hydrogen-bond donors (Lipinski definition) is 1. The van der Waals surface area contributed by atoms with Gasteiger partial charge in [0.2, 0.25) is 0 Å². The number of fused-ring (bicyclic) bond motifs is 1. The fourth-order valence-corrected chi connectivity index (χ4v) is 1.72. The van der Waals surface area contributed by atoms with Gasteiger partial charge in [-0.2, -0.15) is 0 Å². The molecule has 0 radical (unpaired) electrons. The number of pyridine rings is 1. The number of aromatic nitrogens is 1. The fraction of sp³-hybridized carbons (Fsp3) is 0.167. The second-order valence-electron chi connectivity index (χ2n) is 3.46. The minimum atomic E-state index is -0.550. The van der Waals surface area contributed by atoms with Gasteiger partial charge in [0, 0.05) is 16.5 Å². The smallest absolute Gasteiger partial charge is 0.354 e. The second kappa shape index (κ2) is 4.59. The van der Waals surface area contributed by atoms with Gasteiger partial charge in [-0.3, -0.25) is 4.79 Å². The van der Waals surface area contributed by atoms with Gasteiger partial charge in [0.1, 0.15) is 5.69 Å². The Bertz CT molecular complexity index is 633. The molecular formula is C12H10ClNO3. The van der Waals surface area contributed by atoms with Gasteiger partial charge in [-0.05, 0) is 25.1 Å². The molecule has 5 heteroatoms. The van der Waals surface area contributed by atoms with E-state index in [-0.39, 0.29) is 17.7 Å². The quantitative estimate of drug-likeness (QED) is 0.834. The van der Waals surface area contributed by atoms with E-state index in [2.05, 4.69) is 4.98 Å². The summed E-state index contributed by atoms with van der Waals surface area (Å²) in [6.45, 7) is 1.96. The topological polar surface area (TPSA) is 59.2 Å². The SMILES string of the molecule is CCOC(=O)c1cc(=O)c2ccc(Cl)cc2[nH]1. The van der Waals surface area contributed by atoms with Crippen molar-refractivity contribution in [2.45, 2.75) is 6.92 Å². The maximum absolute atomic E-state index is 11.7. The third-order valence-electron chi connectivity index (χ3n) is 2.29. The molecule has 88 valence electrons. The van der Waals surface area contributed by atoms with Crippen molar-refractivity contribution in [2.75, 3.05) is 6.61 Å². The Morgan fingerprint density at radius 2 is 2.18 bits per heavy atom. The minimum Gasteiger partial charge on any atom is -0.461 e. The van der Waals surface area contributed by atoms with Crippen LogP contribution in [0.15, 0.2) is 29.1 Å². The number of halogens is 1. The number of carbonyl (C=O) groups excluding carboxylic acids is 1. The first kappa shape index (κ1) is 11.7. The molecule has 0 fully saturated rings. The van der Waals surface area contributed by atoms with Crippen molar-refractivity contribution in [1.82, 2.24) is 4.98 Å². The van der Waals surface area contributed by atoms with Crippen molar-refractivity contribution >= 4 is 28.5 Å². The van der Waals surface area contributed by atoms with E-state index in [1.54, 1.807) is 25.1 Å². The van der Waals surface area contributed by atoms with Gasteiger partial charge in [0.15, 0.2) is 5.43 Å². The summed E-state index contributed by atoms with van der Waals surface area (Å²) in [7, 11) is 0. The van der Waals surface area contributed by atoms with Crippen LogP contribution in [0.4, 0.5) is 0 Å². The third-order valence-corrected chi connectivity index (χ3v) is 2.52. The number of esters is 1. The lowest BCUT2D eigenvalue weighted by Crippen LogP contribution is -2.12. The molecule has 0 aliphatic heterocycles. The molecule has 0 unspecified atom stereocenters. The molecule has 1 heterocycles. The van der Waals surface area contributed by atoms with E-state index < -0.39 is 5.97 Å². The highest BCUT2D eigenvalue weighted by atomic mass is 35.5. The van der Waals surface area contributed by atoms with E-state index in [1.165, 1.54) is 6.07 Å². The van der Waals surface area contributed by atoms with Crippen LogP contribution < -0.4 is 5.43 Å². The first-order valence-electron chi connectivity index (χ1n) is 5.11. The summed E-state index contributed by atoms with van der Waals surface area (Å²) in [6, 6.07) is 6.07. The maximum Gasteiger partial charge on any atom is 0.354 e. The van der Waals surface area contributed by atoms with Crippen LogP contribution in [0.25, 0.3) is 10.9 Å². The summed E-state index contributed by atoms with van der Waals surface area (Å²) in [5, 5.41) is 0.983. The molecule has 0 saturated heterocycles. The number of H-pyrrole nitrogens is 1. The van der Waals surface area contributed by atoms with Gasteiger partial charge in [-0.15, -0.1) is 0 Å². The maximum atomic E-state index is 11.7. The van der Waals surface area contributed by atoms with E-state index in [0.717, 1.165) is 0 Å². The van der Waals surface area contributed by atoms with Gasteiger partial charge < -0.3 is 9.72 Å². The lowest BCUT2D eigenvalue weighted by atomic mass is 10.2. The number of ether oxygens (including phenoxy) is 1. The Balaban J connectivity index is 2.61. The zero-order chi connectivity index (χ0) is 12.4. The number of hydrogen-bond acceptors (Lipinski definition) is 3. The molecule has 0 saturated carbocycles. The van der Waals surface area contributed by atoms with E-state index in [4.69, 9.17) is 16.3 Å². The molecule has 1 N–H and O–H groups in total. The van der Waals surface area contributed by atoms with Crippen molar-refractivity contribution < 1.29 is 9.53 Å². The standard InChI is InChI=1S/C12H10ClNO3/c1-2-17-12(16)10-6-11(15)8-4-3-7(13)5-9(8)14-10/h3-6H,2H2,1H3,(H,14,15). The normalized spacial score (nSPS) is 10.5. The summed E-state index contributed by atoms with van der Waals surface area (Å²) >= 11 is 5.83. The number of nitrogens with one attached hydrogen (secondary N) is 1. The Hall–Kier alpha value is -1.81. The molecule has 2 aromatic rings. The Morgan fingerprint density at radius 1 is 1.41 bits per heavy atom. The van der Waals surface area contributed by atoms with Crippen LogP contribution in [0.1, 0.15) is 17.4 Å². The van der Waals surface area contributed by atoms with Gasteiger partial charge in [0.25, 0.3) is 0 Å². The van der Waals surface area contributed by atoms with Crippen molar-refractivity contribution in [1.29, 1.82) is 0 Å². The first-order chi connectivity index (χ1) is 8.11. The van der Waals surface area contributed by atoms with E-state index in [0.29, 0.717) is 15.9 Å². The Labute approximate surface area is 102 Å². The third kappa shape index (κ3) is 2.31. The highest BCUT2D eigenvalue weighted by Gasteiger charge is 2.10. The summed E-state index contributed by atoms with van der Waals surface area (Å²) in [6.07, 6.45) is 0. The highest BCUT2D eigenvalue weighted by Crippen LogP contribution is 2.15. The van der Waals surface area contributed by atoms with Crippen molar-refractivity contribution in [3.8, 4) is 0 Å². The van der Waals surface area contributed by atoms with Crippen molar-refractivity contribution in [2.24, 2.45) is 0 Å². The molecule has 0 bridgehead atoms. The average Bonchev–Trinajstić information content (AvgIpc) is 2.28. The summed E-state index contributed by atoms with van der Waals surface area (Å²) in [5.41, 5.74) is 0.415. The molecule has 17 heavy (non-hydrogen) atoms. The highest BCUT2D eigenvalue weighted by molar-refractivity contribution is 6.31. The lowest BCUT2D eigenvalue weighted by molar-refractivity contribution is 0.0520. The van der Waals surface area contributed by atoms with Crippen LogP contribution in [-0.4, -0.2) is 17.6 Å². The fourth-order valence-electron chi connectivity index (χ4n) is 1.54. The molecule has 4 nitrogen and oxygen atoms in total. The van der Waals surface area contributed by atoms with E-state index >= 15 is 0 Å².